The molecule has 0 unspecified atom stereocenters. The summed E-state index contributed by atoms with van der Waals surface area (Å²) in [5, 5.41) is 5.62. The van der Waals surface area contributed by atoms with Crippen LogP contribution in [-0.2, 0) is 22.6 Å². The number of benzene rings is 2. The Morgan fingerprint density at radius 3 is 2.44 bits per heavy atom. The Balaban J connectivity index is 1.42. The molecule has 2 aliphatic heterocycles. The molecule has 1 saturated heterocycles. The molecule has 1 atom stereocenters. The molecule has 2 heterocycles. The van der Waals surface area contributed by atoms with Crippen molar-refractivity contribution < 1.29 is 9.59 Å². The maximum Gasteiger partial charge on any atom is 0.309 e. The van der Waals surface area contributed by atoms with E-state index in [1.807, 2.05) is 30.3 Å². The van der Waals surface area contributed by atoms with E-state index >= 15 is 0 Å². The normalized spacial score (nSPS) is 17.3. The summed E-state index contributed by atoms with van der Waals surface area (Å²) in [5.74, 6) is -1.15. The smallest absolute Gasteiger partial charge is 0.309 e. The van der Waals surface area contributed by atoms with Crippen molar-refractivity contribution in [3.63, 3.8) is 0 Å². The Kier molecular flexibility index (Phi) is 7.43. The van der Waals surface area contributed by atoms with Crippen molar-refractivity contribution >= 4 is 17.5 Å². The fraction of sp³-hybridized carbons (Fsp3) is 0.462. The number of nitrogens with zero attached hydrogens (tertiary/aromatic N) is 2. The van der Waals surface area contributed by atoms with Crippen LogP contribution in [0.2, 0.25) is 0 Å². The molecule has 2 aromatic rings. The number of amides is 2. The summed E-state index contributed by atoms with van der Waals surface area (Å²) in [6, 6.07) is 16.4. The lowest BCUT2D eigenvalue weighted by Gasteiger charge is -2.36. The van der Waals surface area contributed by atoms with Crippen molar-refractivity contribution in [2.24, 2.45) is 0 Å². The van der Waals surface area contributed by atoms with E-state index in [-0.39, 0.29) is 6.04 Å². The molecule has 2 amide bonds. The van der Waals surface area contributed by atoms with Crippen molar-refractivity contribution in [1.29, 1.82) is 0 Å². The number of nitrogens with one attached hydrogen (secondary N) is 2. The highest BCUT2D eigenvalue weighted by Gasteiger charge is 2.25. The number of carbonyl (C=O) groups excluding carboxylic acids is 2. The summed E-state index contributed by atoms with van der Waals surface area (Å²) in [6.07, 6.45) is 5.87. The van der Waals surface area contributed by atoms with E-state index in [2.05, 4.69) is 45.7 Å². The summed E-state index contributed by atoms with van der Waals surface area (Å²) in [5.41, 5.74) is 4.89. The Morgan fingerprint density at radius 2 is 1.66 bits per heavy atom. The number of piperidine rings is 1. The average molecular weight is 435 g/mol. The van der Waals surface area contributed by atoms with Crippen LogP contribution in [0.4, 0.5) is 5.69 Å². The first-order valence-electron chi connectivity index (χ1n) is 11.8. The highest BCUT2D eigenvalue weighted by atomic mass is 16.2. The fourth-order valence-corrected chi connectivity index (χ4v) is 4.83. The van der Waals surface area contributed by atoms with Gasteiger partial charge in [0, 0.05) is 32.4 Å². The Morgan fingerprint density at radius 1 is 0.906 bits per heavy atom. The highest BCUT2D eigenvalue weighted by molar-refractivity contribution is 6.35. The van der Waals surface area contributed by atoms with Gasteiger partial charge in [-0.05, 0) is 61.5 Å². The first-order valence-corrected chi connectivity index (χ1v) is 11.8. The summed E-state index contributed by atoms with van der Waals surface area (Å²) in [7, 11) is 2.15. The van der Waals surface area contributed by atoms with Gasteiger partial charge in [-0.1, -0.05) is 48.9 Å². The molecule has 6 nitrogen and oxygen atoms in total. The Hall–Kier alpha value is -2.86. The minimum Gasteiger partial charge on any atom is -0.374 e. The predicted molar refractivity (Wildman–Crippen MR) is 127 cm³/mol. The first-order chi connectivity index (χ1) is 15.6. The average Bonchev–Trinajstić information content (AvgIpc) is 2.84. The van der Waals surface area contributed by atoms with Crippen LogP contribution in [0.3, 0.4) is 0 Å². The van der Waals surface area contributed by atoms with E-state index in [1.54, 1.807) is 0 Å². The second-order valence-electron chi connectivity index (χ2n) is 8.90. The number of hydrogen-bond donors (Lipinski definition) is 2. The number of anilines is 1. The SMILES string of the molecule is CN1CCCc2cc([C@H](CNC(=O)C(=O)NCc3ccccc3)N3CCCCC3)ccc21. The molecule has 0 radical (unpaired) electrons. The van der Waals surface area contributed by atoms with Crippen molar-refractivity contribution in [3.8, 4) is 0 Å². The molecule has 1 fully saturated rings. The minimum atomic E-state index is -0.585. The molecule has 0 aliphatic carbocycles. The highest BCUT2D eigenvalue weighted by Crippen LogP contribution is 2.31. The number of likely N-dealkylation sites (tertiary alicyclic amines) is 1. The molecule has 6 heteroatoms. The zero-order chi connectivity index (χ0) is 22.3. The van der Waals surface area contributed by atoms with Crippen molar-refractivity contribution in [2.45, 2.75) is 44.7 Å². The summed E-state index contributed by atoms with van der Waals surface area (Å²) in [6.45, 7) is 3.93. The zero-order valence-electron chi connectivity index (χ0n) is 19.0. The topological polar surface area (TPSA) is 64.7 Å². The zero-order valence-corrected chi connectivity index (χ0v) is 19.0. The van der Waals surface area contributed by atoms with Gasteiger partial charge in [-0.2, -0.15) is 0 Å². The third-order valence-corrected chi connectivity index (χ3v) is 6.63. The molecule has 0 spiro atoms. The fourth-order valence-electron chi connectivity index (χ4n) is 4.83. The van der Waals surface area contributed by atoms with Gasteiger partial charge in [0.15, 0.2) is 0 Å². The molecule has 0 aromatic heterocycles. The molecule has 2 aliphatic rings. The summed E-state index contributed by atoms with van der Waals surface area (Å²) >= 11 is 0. The third kappa shape index (κ3) is 5.49. The molecule has 32 heavy (non-hydrogen) atoms. The Labute approximate surface area is 191 Å². The standard InChI is InChI=1S/C26H34N4O2/c1-29-14-8-11-21-17-22(12-13-23(21)29)24(30-15-6-3-7-16-30)19-28-26(32)25(31)27-18-20-9-4-2-5-10-20/h2,4-5,9-10,12-13,17,24H,3,6-8,11,14-16,18-19H2,1H3,(H,27,31)(H,28,32)/t24-/m0/s1. The van der Waals surface area contributed by atoms with Gasteiger partial charge in [0.05, 0.1) is 6.04 Å². The monoisotopic (exact) mass is 434 g/mol. The van der Waals surface area contributed by atoms with E-state index < -0.39 is 11.8 Å². The van der Waals surface area contributed by atoms with Gasteiger partial charge in [-0.15, -0.1) is 0 Å². The molecule has 2 N–H and O–H groups in total. The molecule has 0 saturated carbocycles. The maximum absolute atomic E-state index is 12.5. The van der Waals surface area contributed by atoms with E-state index in [1.165, 1.54) is 42.5 Å². The van der Waals surface area contributed by atoms with Crippen LogP contribution in [0.25, 0.3) is 0 Å². The van der Waals surface area contributed by atoms with Gasteiger partial charge >= 0.3 is 11.8 Å². The lowest BCUT2D eigenvalue weighted by Crippen LogP contribution is -2.45. The van der Waals surface area contributed by atoms with E-state index in [4.69, 9.17) is 0 Å². The van der Waals surface area contributed by atoms with Crippen LogP contribution >= 0.6 is 0 Å². The number of hydrogen-bond acceptors (Lipinski definition) is 4. The molecular weight excluding hydrogens is 400 g/mol. The molecular formula is C26H34N4O2. The van der Waals surface area contributed by atoms with Gasteiger partial charge in [0.25, 0.3) is 0 Å². The second-order valence-corrected chi connectivity index (χ2v) is 8.90. The molecule has 0 bridgehead atoms. The lowest BCUT2D eigenvalue weighted by atomic mass is 9.95. The summed E-state index contributed by atoms with van der Waals surface area (Å²) < 4.78 is 0. The van der Waals surface area contributed by atoms with E-state index in [9.17, 15) is 9.59 Å². The number of aryl methyl sites for hydroxylation is 1. The van der Waals surface area contributed by atoms with Crippen LogP contribution in [0.1, 0.15) is 48.4 Å². The van der Waals surface area contributed by atoms with E-state index in [0.717, 1.165) is 31.6 Å². The molecule has 170 valence electrons. The van der Waals surface area contributed by atoms with Crippen LogP contribution in [0.15, 0.2) is 48.5 Å². The summed E-state index contributed by atoms with van der Waals surface area (Å²) in [4.78, 5) is 29.6. The largest absolute Gasteiger partial charge is 0.374 e. The quantitative estimate of drug-likeness (QED) is 0.686. The van der Waals surface area contributed by atoms with Crippen LogP contribution in [-0.4, -0.2) is 49.9 Å². The predicted octanol–water partition coefficient (Wildman–Crippen LogP) is 3.03. The second kappa shape index (κ2) is 10.6. The number of rotatable bonds is 6. The van der Waals surface area contributed by atoms with Crippen LogP contribution < -0.4 is 15.5 Å². The molecule has 2 aromatic carbocycles. The van der Waals surface area contributed by atoms with Crippen LogP contribution in [0.5, 0.6) is 0 Å². The van der Waals surface area contributed by atoms with Gasteiger partial charge in [-0.25, -0.2) is 0 Å². The Bertz CT molecular complexity index is 925. The van der Waals surface area contributed by atoms with Gasteiger partial charge in [0.1, 0.15) is 0 Å². The van der Waals surface area contributed by atoms with E-state index in [0.29, 0.717) is 13.1 Å². The number of fused-ring (bicyclic) bond motifs is 1. The van der Waals surface area contributed by atoms with Gasteiger partial charge in [0.2, 0.25) is 0 Å². The van der Waals surface area contributed by atoms with Crippen molar-refractivity contribution in [1.82, 2.24) is 15.5 Å². The van der Waals surface area contributed by atoms with Gasteiger partial charge < -0.3 is 15.5 Å². The lowest BCUT2D eigenvalue weighted by molar-refractivity contribution is -0.139. The minimum absolute atomic E-state index is 0.0821. The first kappa shape index (κ1) is 22.3. The van der Waals surface area contributed by atoms with Gasteiger partial charge in [-0.3, -0.25) is 14.5 Å². The van der Waals surface area contributed by atoms with Crippen LogP contribution in [0, 0.1) is 0 Å². The number of carbonyl (C=O) groups is 2. The third-order valence-electron chi connectivity index (χ3n) is 6.63. The molecule has 4 rings (SSSR count). The van der Waals surface area contributed by atoms with Crippen molar-refractivity contribution in [3.05, 3.63) is 65.2 Å². The van der Waals surface area contributed by atoms with Crippen molar-refractivity contribution in [2.75, 3.05) is 38.1 Å². The maximum atomic E-state index is 12.5.